The first-order chi connectivity index (χ1) is 5.65. The maximum absolute atomic E-state index is 11.1. The summed E-state index contributed by atoms with van der Waals surface area (Å²) in [6, 6.07) is 0. The third kappa shape index (κ3) is 1.91. The number of esters is 1. The first-order valence-electron chi connectivity index (χ1n) is 3.98. The molecule has 0 aromatic rings. The summed E-state index contributed by atoms with van der Waals surface area (Å²) in [7, 11) is 1.39. The lowest BCUT2D eigenvalue weighted by Gasteiger charge is -2.17. The molecule has 1 aliphatic carbocycles. The molecule has 0 heterocycles. The Balaban J connectivity index is 2.75. The van der Waals surface area contributed by atoms with Crippen LogP contribution in [0.25, 0.3) is 0 Å². The van der Waals surface area contributed by atoms with Crippen LogP contribution in [-0.4, -0.2) is 17.9 Å². The summed E-state index contributed by atoms with van der Waals surface area (Å²) < 4.78 is 4.61. The largest absolute Gasteiger partial charge is 0.466 e. The Morgan fingerprint density at radius 2 is 2.42 bits per heavy atom. The molecule has 0 bridgehead atoms. The number of ether oxygens (including phenoxy) is 1. The molecule has 2 nitrogen and oxygen atoms in total. The fraction of sp³-hybridized carbons (Fsp3) is 0.556. The highest BCUT2D eigenvalue weighted by atomic mass is 32.1. The summed E-state index contributed by atoms with van der Waals surface area (Å²) in [5.74, 6) is 0.178. The van der Waals surface area contributed by atoms with Crippen molar-refractivity contribution in [3.05, 3.63) is 11.6 Å². The maximum Gasteiger partial charge on any atom is 0.333 e. The second-order valence-corrected chi connectivity index (χ2v) is 3.47. The Morgan fingerprint density at radius 1 is 1.75 bits per heavy atom. The molecule has 1 unspecified atom stereocenters. The quantitative estimate of drug-likeness (QED) is 0.460. The molecule has 0 saturated heterocycles. The van der Waals surface area contributed by atoms with Gasteiger partial charge in [0.1, 0.15) is 0 Å². The number of rotatable bonds is 1. The van der Waals surface area contributed by atoms with Gasteiger partial charge in [-0.1, -0.05) is 19.1 Å². The molecule has 12 heavy (non-hydrogen) atoms. The minimum absolute atomic E-state index is 0.246. The highest BCUT2D eigenvalue weighted by Crippen LogP contribution is 2.21. The number of thiocarbonyl (C=S) groups is 1. The van der Waals surface area contributed by atoms with Gasteiger partial charge in [0.2, 0.25) is 0 Å². The van der Waals surface area contributed by atoms with Gasteiger partial charge in [-0.05, 0) is 24.8 Å². The van der Waals surface area contributed by atoms with Crippen molar-refractivity contribution in [3.63, 3.8) is 0 Å². The van der Waals surface area contributed by atoms with E-state index >= 15 is 0 Å². The molecule has 1 rings (SSSR count). The molecule has 0 aromatic heterocycles. The van der Waals surface area contributed by atoms with Gasteiger partial charge in [-0.3, -0.25) is 0 Å². The van der Waals surface area contributed by atoms with Crippen molar-refractivity contribution in [2.24, 2.45) is 5.92 Å². The van der Waals surface area contributed by atoms with Gasteiger partial charge in [-0.2, -0.15) is 0 Å². The zero-order chi connectivity index (χ0) is 9.14. The predicted molar refractivity (Wildman–Crippen MR) is 51.1 cm³/mol. The van der Waals surface area contributed by atoms with Crippen LogP contribution in [0.2, 0.25) is 0 Å². The molecule has 0 amide bonds. The Morgan fingerprint density at radius 3 is 2.92 bits per heavy atom. The van der Waals surface area contributed by atoms with Gasteiger partial charge in [-0.15, -0.1) is 0 Å². The van der Waals surface area contributed by atoms with E-state index in [1.165, 1.54) is 7.11 Å². The number of hydrogen-bond acceptors (Lipinski definition) is 3. The molecule has 3 heteroatoms. The van der Waals surface area contributed by atoms with Crippen LogP contribution in [-0.2, 0) is 9.53 Å². The van der Waals surface area contributed by atoms with Crippen molar-refractivity contribution in [2.75, 3.05) is 7.11 Å². The smallest absolute Gasteiger partial charge is 0.333 e. The first-order valence-corrected chi connectivity index (χ1v) is 4.38. The molecular weight excluding hydrogens is 172 g/mol. The summed E-state index contributed by atoms with van der Waals surface area (Å²) in [4.78, 5) is 11.9. The number of methoxy groups -OCH3 is 1. The topological polar surface area (TPSA) is 26.3 Å². The van der Waals surface area contributed by atoms with Gasteiger partial charge in [0.15, 0.2) is 0 Å². The van der Waals surface area contributed by atoms with E-state index in [4.69, 9.17) is 12.2 Å². The van der Waals surface area contributed by atoms with Gasteiger partial charge in [0.25, 0.3) is 0 Å². The van der Waals surface area contributed by atoms with Crippen LogP contribution in [0, 0.1) is 5.92 Å². The Hall–Kier alpha value is -0.700. The maximum atomic E-state index is 11.1. The van der Waals surface area contributed by atoms with Crippen LogP contribution < -0.4 is 0 Å². The molecule has 0 aliphatic heterocycles. The Bertz CT molecular complexity index is 243. The van der Waals surface area contributed by atoms with E-state index in [-0.39, 0.29) is 5.97 Å². The normalized spacial score (nSPS) is 23.3. The monoisotopic (exact) mass is 184 g/mol. The lowest BCUT2D eigenvalue weighted by Crippen LogP contribution is -2.17. The molecule has 0 spiro atoms. The summed E-state index contributed by atoms with van der Waals surface area (Å²) in [5.41, 5.74) is 0.709. The average molecular weight is 184 g/mol. The molecule has 0 fully saturated rings. The fourth-order valence-electron chi connectivity index (χ4n) is 1.19. The second-order valence-electron chi connectivity index (χ2n) is 3.00. The van der Waals surface area contributed by atoms with Gasteiger partial charge >= 0.3 is 5.97 Å². The SMILES string of the molecule is COC(=O)C1=CC(=S)C(C)CC1. The molecule has 1 atom stereocenters. The molecular formula is C9H12O2S. The standard InChI is InChI=1S/C9H12O2S/c1-6-3-4-7(5-8(6)12)9(10)11-2/h5-6H,3-4H2,1-2H3. The summed E-state index contributed by atoms with van der Waals surface area (Å²) in [6.45, 7) is 2.08. The summed E-state index contributed by atoms with van der Waals surface area (Å²) in [5, 5.41) is 0. The second kappa shape index (κ2) is 3.81. The van der Waals surface area contributed by atoms with Gasteiger partial charge in [0.05, 0.1) is 7.11 Å². The fourth-order valence-corrected chi connectivity index (χ4v) is 1.45. The predicted octanol–water partition coefficient (Wildman–Crippen LogP) is 1.89. The van der Waals surface area contributed by atoms with Crippen LogP contribution in [0.15, 0.2) is 11.6 Å². The third-order valence-corrected chi connectivity index (χ3v) is 2.62. The highest BCUT2D eigenvalue weighted by Gasteiger charge is 2.19. The van der Waals surface area contributed by atoms with E-state index in [1.54, 1.807) is 6.08 Å². The highest BCUT2D eigenvalue weighted by molar-refractivity contribution is 7.80. The van der Waals surface area contributed by atoms with Crippen LogP contribution in [0.1, 0.15) is 19.8 Å². The van der Waals surface area contributed by atoms with Crippen molar-refractivity contribution in [3.8, 4) is 0 Å². The van der Waals surface area contributed by atoms with E-state index in [9.17, 15) is 4.79 Å². The minimum atomic E-state index is -0.246. The van der Waals surface area contributed by atoms with E-state index in [0.29, 0.717) is 11.5 Å². The first kappa shape index (κ1) is 9.39. The zero-order valence-electron chi connectivity index (χ0n) is 7.29. The van der Waals surface area contributed by atoms with Crippen LogP contribution in [0.3, 0.4) is 0 Å². The number of carbonyl (C=O) groups is 1. The van der Waals surface area contributed by atoms with Crippen molar-refractivity contribution in [2.45, 2.75) is 19.8 Å². The minimum Gasteiger partial charge on any atom is -0.466 e. The molecule has 0 saturated carbocycles. The molecule has 66 valence electrons. The molecule has 0 aromatic carbocycles. The molecule has 0 N–H and O–H groups in total. The van der Waals surface area contributed by atoms with Crippen molar-refractivity contribution in [1.29, 1.82) is 0 Å². The van der Waals surface area contributed by atoms with Gasteiger partial charge in [-0.25, -0.2) is 4.79 Å². The lowest BCUT2D eigenvalue weighted by atomic mass is 9.91. The molecule has 1 aliphatic rings. The van der Waals surface area contributed by atoms with Crippen molar-refractivity contribution >= 4 is 23.1 Å². The average Bonchev–Trinajstić information content (AvgIpc) is 2.08. The van der Waals surface area contributed by atoms with Crippen LogP contribution in [0.5, 0.6) is 0 Å². The number of allylic oxidation sites excluding steroid dienone is 1. The van der Waals surface area contributed by atoms with E-state index in [2.05, 4.69) is 11.7 Å². The Labute approximate surface area is 77.6 Å². The lowest BCUT2D eigenvalue weighted by molar-refractivity contribution is -0.136. The third-order valence-electron chi connectivity index (χ3n) is 2.10. The van der Waals surface area contributed by atoms with E-state index < -0.39 is 0 Å². The van der Waals surface area contributed by atoms with Crippen molar-refractivity contribution < 1.29 is 9.53 Å². The zero-order valence-corrected chi connectivity index (χ0v) is 8.11. The van der Waals surface area contributed by atoms with Gasteiger partial charge in [0, 0.05) is 10.4 Å². The molecule has 0 radical (unpaired) electrons. The number of carbonyl (C=O) groups excluding carboxylic acids is 1. The van der Waals surface area contributed by atoms with E-state index in [1.807, 2.05) is 0 Å². The summed E-state index contributed by atoms with van der Waals surface area (Å²) >= 11 is 5.09. The number of hydrogen-bond donors (Lipinski definition) is 0. The van der Waals surface area contributed by atoms with E-state index in [0.717, 1.165) is 17.7 Å². The summed E-state index contributed by atoms with van der Waals surface area (Å²) in [6.07, 6.45) is 3.52. The Kier molecular flexibility index (Phi) is 2.98. The van der Waals surface area contributed by atoms with Crippen LogP contribution in [0.4, 0.5) is 0 Å². The van der Waals surface area contributed by atoms with Gasteiger partial charge < -0.3 is 4.74 Å². The van der Waals surface area contributed by atoms with Crippen LogP contribution >= 0.6 is 12.2 Å². The van der Waals surface area contributed by atoms with Crippen molar-refractivity contribution in [1.82, 2.24) is 0 Å².